The first-order valence-electron chi connectivity index (χ1n) is 5.08. The first kappa shape index (κ1) is 10.7. The first-order chi connectivity index (χ1) is 6.24. The van der Waals surface area contributed by atoms with E-state index in [0.717, 1.165) is 19.4 Å². The number of hydrogen-bond acceptors (Lipinski definition) is 2. The van der Waals surface area contributed by atoms with Crippen LogP contribution in [0.5, 0.6) is 0 Å². The van der Waals surface area contributed by atoms with E-state index in [-0.39, 0.29) is 5.50 Å². The standard InChI is InChI=1S/C10H19ClN2/c1-3-10(11)13-8(2)9-6-4-5-7-12-9/h10,12-13H,3-7H2,1-2H3/b9-8+/t10-/m0/s1. The smallest absolute Gasteiger partial charge is 0.101 e. The Morgan fingerprint density at radius 1 is 1.62 bits per heavy atom. The highest BCUT2D eigenvalue weighted by Gasteiger charge is 2.09. The van der Waals surface area contributed by atoms with Crippen LogP contribution in [-0.4, -0.2) is 12.0 Å². The van der Waals surface area contributed by atoms with Gasteiger partial charge in [-0.05, 0) is 32.6 Å². The summed E-state index contributed by atoms with van der Waals surface area (Å²) in [5.74, 6) is 0. The molecule has 0 saturated carbocycles. The minimum Gasteiger partial charge on any atom is -0.387 e. The molecule has 3 heteroatoms. The molecule has 0 radical (unpaired) electrons. The van der Waals surface area contributed by atoms with Crippen molar-refractivity contribution in [1.82, 2.24) is 10.6 Å². The number of nitrogens with one attached hydrogen (secondary N) is 2. The zero-order valence-electron chi connectivity index (χ0n) is 8.49. The Morgan fingerprint density at radius 3 is 2.92 bits per heavy atom. The lowest BCUT2D eigenvalue weighted by Gasteiger charge is -2.21. The van der Waals surface area contributed by atoms with Gasteiger partial charge < -0.3 is 10.6 Å². The van der Waals surface area contributed by atoms with Crippen LogP contribution >= 0.6 is 11.6 Å². The first-order valence-corrected chi connectivity index (χ1v) is 5.52. The third-order valence-corrected chi connectivity index (χ3v) is 2.79. The summed E-state index contributed by atoms with van der Waals surface area (Å²) in [4.78, 5) is 0. The maximum atomic E-state index is 6.01. The summed E-state index contributed by atoms with van der Waals surface area (Å²) in [5.41, 5.74) is 2.61. The molecule has 1 aliphatic heterocycles. The Morgan fingerprint density at radius 2 is 2.38 bits per heavy atom. The second-order valence-electron chi connectivity index (χ2n) is 3.51. The van der Waals surface area contributed by atoms with Crippen LogP contribution in [0.2, 0.25) is 0 Å². The Labute approximate surface area is 85.7 Å². The molecule has 0 spiro atoms. The number of rotatable bonds is 3. The van der Waals surface area contributed by atoms with Crippen molar-refractivity contribution in [3.63, 3.8) is 0 Å². The van der Waals surface area contributed by atoms with Gasteiger partial charge in [0.2, 0.25) is 0 Å². The van der Waals surface area contributed by atoms with E-state index >= 15 is 0 Å². The molecule has 1 heterocycles. The van der Waals surface area contributed by atoms with E-state index in [1.54, 1.807) is 0 Å². The van der Waals surface area contributed by atoms with Crippen LogP contribution in [0.15, 0.2) is 11.4 Å². The van der Waals surface area contributed by atoms with Crippen molar-refractivity contribution in [2.24, 2.45) is 0 Å². The zero-order valence-corrected chi connectivity index (χ0v) is 9.25. The molecule has 0 aromatic heterocycles. The molecule has 0 unspecified atom stereocenters. The molecule has 0 aromatic carbocycles. The third kappa shape index (κ3) is 3.47. The van der Waals surface area contributed by atoms with Gasteiger partial charge in [0.25, 0.3) is 0 Å². The molecule has 76 valence electrons. The van der Waals surface area contributed by atoms with Gasteiger partial charge in [0.15, 0.2) is 0 Å². The predicted octanol–water partition coefficient (Wildman–Crippen LogP) is 2.56. The number of piperidine rings is 1. The van der Waals surface area contributed by atoms with E-state index in [9.17, 15) is 0 Å². The quantitative estimate of drug-likeness (QED) is 0.543. The largest absolute Gasteiger partial charge is 0.387 e. The van der Waals surface area contributed by atoms with Crippen LogP contribution in [0, 0.1) is 0 Å². The molecule has 1 saturated heterocycles. The van der Waals surface area contributed by atoms with Crippen molar-refractivity contribution in [3.8, 4) is 0 Å². The molecule has 1 aliphatic rings. The van der Waals surface area contributed by atoms with Crippen molar-refractivity contribution >= 4 is 11.6 Å². The second-order valence-corrected chi connectivity index (χ2v) is 4.03. The van der Waals surface area contributed by atoms with E-state index in [2.05, 4.69) is 24.5 Å². The molecule has 2 N–H and O–H groups in total. The van der Waals surface area contributed by atoms with Crippen LogP contribution in [0.25, 0.3) is 0 Å². The van der Waals surface area contributed by atoms with Crippen LogP contribution in [0.4, 0.5) is 0 Å². The molecule has 0 aliphatic carbocycles. The summed E-state index contributed by atoms with van der Waals surface area (Å²) in [6, 6.07) is 0. The fraction of sp³-hybridized carbons (Fsp3) is 0.800. The average Bonchev–Trinajstić information content (AvgIpc) is 2.19. The maximum absolute atomic E-state index is 6.01. The lowest BCUT2D eigenvalue weighted by molar-refractivity contribution is 0.566. The second kappa shape index (κ2) is 5.38. The highest BCUT2D eigenvalue weighted by molar-refractivity contribution is 6.20. The van der Waals surface area contributed by atoms with E-state index in [0.29, 0.717) is 0 Å². The summed E-state index contributed by atoms with van der Waals surface area (Å²) in [6.45, 7) is 5.28. The molecular formula is C10H19ClN2. The van der Waals surface area contributed by atoms with Gasteiger partial charge in [0.05, 0.1) is 0 Å². The zero-order chi connectivity index (χ0) is 9.68. The molecule has 0 bridgehead atoms. The van der Waals surface area contributed by atoms with Crippen molar-refractivity contribution in [2.45, 2.75) is 45.0 Å². The van der Waals surface area contributed by atoms with Crippen LogP contribution < -0.4 is 10.6 Å². The average molecular weight is 203 g/mol. The summed E-state index contributed by atoms with van der Waals surface area (Å²) in [6.07, 6.45) is 4.69. The van der Waals surface area contributed by atoms with Gasteiger partial charge in [-0.2, -0.15) is 0 Å². The van der Waals surface area contributed by atoms with E-state index in [1.165, 1.54) is 24.2 Å². The van der Waals surface area contributed by atoms with Gasteiger partial charge in [0, 0.05) is 17.9 Å². The number of hydrogen-bond donors (Lipinski definition) is 2. The van der Waals surface area contributed by atoms with Crippen molar-refractivity contribution < 1.29 is 0 Å². The molecule has 2 nitrogen and oxygen atoms in total. The maximum Gasteiger partial charge on any atom is 0.101 e. The molecule has 1 atom stereocenters. The van der Waals surface area contributed by atoms with E-state index in [1.807, 2.05) is 0 Å². The SMILES string of the molecule is CC[C@@H](Cl)N/C(C)=C1\CCCCN1. The topological polar surface area (TPSA) is 24.1 Å². The summed E-state index contributed by atoms with van der Waals surface area (Å²) in [7, 11) is 0. The van der Waals surface area contributed by atoms with Crippen LogP contribution in [-0.2, 0) is 0 Å². The lowest BCUT2D eigenvalue weighted by atomic mass is 10.1. The molecule has 0 aromatic rings. The minimum absolute atomic E-state index is 0.0660. The summed E-state index contributed by atoms with van der Waals surface area (Å²) < 4.78 is 0. The molecule has 1 fully saturated rings. The van der Waals surface area contributed by atoms with Gasteiger partial charge >= 0.3 is 0 Å². The van der Waals surface area contributed by atoms with E-state index in [4.69, 9.17) is 11.6 Å². The fourth-order valence-corrected chi connectivity index (χ4v) is 1.66. The summed E-state index contributed by atoms with van der Waals surface area (Å²) in [5, 5.41) is 6.69. The van der Waals surface area contributed by atoms with Gasteiger partial charge in [-0.1, -0.05) is 18.5 Å². The van der Waals surface area contributed by atoms with Crippen molar-refractivity contribution in [2.75, 3.05) is 6.54 Å². The Kier molecular flexibility index (Phi) is 4.43. The summed E-state index contributed by atoms with van der Waals surface area (Å²) >= 11 is 6.01. The van der Waals surface area contributed by atoms with Crippen LogP contribution in [0.1, 0.15) is 39.5 Å². The van der Waals surface area contributed by atoms with Gasteiger partial charge in [-0.15, -0.1) is 0 Å². The van der Waals surface area contributed by atoms with Gasteiger partial charge in [-0.25, -0.2) is 0 Å². The molecule has 1 rings (SSSR count). The molecule has 13 heavy (non-hydrogen) atoms. The van der Waals surface area contributed by atoms with Crippen LogP contribution in [0.3, 0.4) is 0 Å². The third-order valence-electron chi connectivity index (χ3n) is 2.38. The Hall–Kier alpha value is -0.370. The predicted molar refractivity (Wildman–Crippen MR) is 57.6 cm³/mol. The Balaban J connectivity index is 2.46. The van der Waals surface area contributed by atoms with Crippen molar-refractivity contribution in [3.05, 3.63) is 11.4 Å². The van der Waals surface area contributed by atoms with E-state index < -0.39 is 0 Å². The number of allylic oxidation sites excluding steroid dienone is 2. The minimum atomic E-state index is 0.0660. The fourth-order valence-electron chi connectivity index (χ4n) is 1.50. The van der Waals surface area contributed by atoms with Gasteiger partial charge in [0.1, 0.15) is 5.50 Å². The molecular weight excluding hydrogens is 184 g/mol. The highest BCUT2D eigenvalue weighted by Crippen LogP contribution is 2.14. The Bertz CT molecular complexity index is 181. The lowest BCUT2D eigenvalue weighted by Crippen LogP contribution is -2.28. The highest BCUT2D eigenvalue weighted by atomic mass is 35.5. The number of halogens is 1. The monoisotopic (exact) mass is 202 g/mol. The molecule has 0 amide bonds. The van der Waals surface area contributed by atoms with Crippen molar-refractivity contribution in [1.29, 1.82) is 0 Å². The van der Waals surface area contributed by atoms with Gasteiger partial charge in [-0.3, -0.25) is 0 Å². The number of alkyl halides is 1. The normalized spacial score (nSPS) is 23.3.